The summed E-state index contributed by atoms with van der Waals surface area (Å²) in [6, 6.07) is 6.69. The fraction of sp³-hybridized carbons (Fsp3) is 0.586. The van der Waals surface area contributed by atoms with Crippen molar-refractivity contribution in [1.29, 1.82) is 0 Å². The van der Waals surface area contributed by atoms with Crippen LogP contribution in [0.4, 0.5) is 0 Å². The highest BCUT2D eigenvalue weighted by Crippen LogP contribution is 2.33. The third-order valence-electron chi connectivity index (χ3n) is 6.70. The van der Waals surface area contributed by atoms with Gasteiger partial charge in [-0.25, -0.2) is 4.68 Å². The second-order valence-electron chi connectivity index (χ2n) is 11.2. The molecule has 1 fully saturated rings. The first-order valence-electron chi connectivity index (χ1n) is 13.9. The molecule has 0 spiro atoms. The number of esters is 3. The lowest BCUT2D eigenvalue weighted by Crippen LogP contribution is -2.64. The molecule has 0 bridgehead atoms. The number of carbonyl (C=O) groups is 4. The van der Waals surface area contributed by atoms with Crippen LogP contribution in [0.15, 0.2) is 24.3 Å². The summed E-state index contributed by atoms with van der Waals surface area (Å²) < 4.78 is 31.9. The molecule has 1 N–H and O–H groups in total. The van der Waals surface area contributed by atoms with Gasteiger partial charge >= 0.3 is 17.9 Å². The Hall–Kier alpha value is -3.78. The first kappa shape index (κ1) is 33.7. The molecule has 1 amide bonds. The predicted octanol–water partition coefficient (Wildman–Crippen LogP) is 3.14. The average molecular weight is 621 g/mol. The van der Waals surface area contributed by atoms with Gasteiger partial charge in [-0.15, -0.1) is 0 Å². The maximum Gasteiger partial charge on any atom is 0.303 e. The third-order valence-corrected chi connectivity index (χ3v) is 7.11. The molecule has 14 heteroatoms. The van der Waals surface area contributed by atoms with E-state index >= 15 is 0 Å². The Bertz CT molecular complexity index is 1380. The number of ether oxygens (including phenoxy) is 5. The first-order chi connectivity index (χ1) is 20.1. The normalized spacial score (nSPS) is 21.9. The second-order valence-corrected chi connectivity index (χ2v) is 11.6. The summed E-state index contributed by atoms with van der Waals surface area (Å²) in [4.78, 5) is 48.2. The van der Waals surface area contributed by atoms with Gasteiger partial charge in [-0.1, -0.05) is 32.9 Å². The Balaban J connectivity index is 2.03. The van der Waals surface area contributed by atoms with Crippen molar-refractivity contribution in [2.45, 2.75) is 105 Å². The minimum Gasteiger partial charge on any atom is -0.486 e. The summed E-state index contributed by atoms with van der Waals surface area (Å²) in [7, 11) is 0. The number of hydrogen-bond acceptors (Lipinski definition) is 11. The molecular formula is C29H40N4O9S. The molecule has 1 saturated heterocycles. The zero-order valence-electron chi connectivity index (χ0n) is 25.7. The highest BCUT2D eigenvalue weighted by atomic mass is 32.1. The van der Waals surface area contributed by atoms with Crippen LogP contribution in [0.3, 0.4) is 0 Å². The van der Waals surface area contributed by atoms with E-state index in [0.29, 0.717) is 18.1 Å². The highest BCUT2D eigenvalue weighted by molar-refractivity contribution is 7.71. The first-order valence-corrected chi connectivity index (χ1v) is 14.3. The van der Waals surface area contributed by atoms with Crippen LogP contribution in [0, 0.1) is 4.77 Å². The molecule has 1 aromatic carbocycles. The van der Waals surface area contributed by atoms with E-state index in [0.717, 1.165) is 5.56 Å². The van der Waals surface area contributed by atoms with Gasteiger partial charge in [0.05, 0.1) is 0 Å². The summed E-state index contributed by atoms with van der Waals surface area (Å²) in [6.45, 7) is 13.3. The summed E-state index contributed by atoms with van der Waals surface area (Å²) in [5, 5.41) is 7.42. The minimum atomic E-state index is -1.24. The van der Waals surface area contributed by atoms with Crippen molar-refractivity contribution in [2.24, 2.45) is 0 Å². The van der Waals surface area contributed by atoms with Crippen LogP contribution in [0.2, 0.25) is 0 Å². The van der Waals surface area contributed by atoms with E-state index in [-0.39, 0.29) is 23.4 Å². The van der Waals surface area contributed by atoms with Gasteiger partial charge in [-0.05, 0) is 42.3 Å². The van der Waals surface area contributed by atoms with Gasteiger partial charge in [-0.2, -0.15) is 5.10 Å². The second kappa shape index (κ2) is 14.1. The van der Waals surface area contributed by atoms with Gasteiger partial charge in [0.25, 0.3) is 0 Å². The van der Waals surface area contributed by atoms with Crippen molar-refractivity contribution < 1.29 is 42.9 Å². The molecule has 1 aliphatic rings. The van der Waals surface area contributed by atoms with Crippen molar-refractivity contribution in [1.82, 2.24) is 19.7 Å². The lowest BCUT2D eigenvalue weighted by atomic mass is 9.87. The summed E-state index contributed by atoms with van der Waals surface area (Å²) in [6.07, 6.45) is -4.71. The maximum absolute atomic E-state index is 12.3. The van der Waals surface area contributed by atoms with Crippen LogP contribution in [0.25, 0.3) is 0 Å². The molecule has 0 aliphatic carbocycles. The van der Waals surface area contributed by atoms with Gasteiger partial charge in [0, 0.05) is 34.2 Å². The molecule has 1 aromatic heterocycles. The maximum atomic E-state index is 12.3. The van der Waals surface area contributed by atoms with E-state index in [2.05, 4.69) is 31.2 Å². The number of amides is 1. The molecular weight excluding hydrogens is 580 g/mol. The van der Waals surface area contributed by atoms with Gasteiger partial charge in [0.15, 0.2) is 29.0 Å². The van der Waals surface area contributed by atoms with Crippen molar-refractivity contribution in [3.8, 4) is 5.75 Å². The largest absolute Gasteiger partial charge is 0.486 e. The van der Waals surface area contributed by atoms with Crippen molar-refractivity contribution >= 4 is 36.0 Å². The number of nitrogens with one attached hydrogen (secondary N) is 1. The molecule has 13 nitrogen and oxygen atoms in total. The molecule has 0 radical (unpaired) electrons. The topological polar surface area (TPSA) is 149 Å². The summed E-state index contributed by atoms with van der Waals surface area (Å²) >= 11 is 5.76. The lowest BCUT2D eigenvalue weighted by molar-refractivity contribution is -0.239. The van der Waals surface area contributed by atoms with Gasteiger partial charge in [0.1, 0.15) is 31.1 Å². The Labute approximate surface area is 255 Å². The highest BCUT2D eigenvalue weighted by Gasteiger charge is 2.52. The number of rotatable bonds is 10. The molecule has 2 aromatic rings. The molecule has 0 saturated carbocycles. The lowest BCUT2D eigenvalue weighted by Gasteiger charge is -2.45. The van der Waals surface area contributed by atoms with Crippen molar-refractivity contribution in [2.75, 3.05) is 6.61 Å². The van der Waals surface area contributed by atoms with E-state index in [1.165, 1.54) is 32.4 Å². The van der Waals surface area contributed by atoms with Gasteiger partial charge in [0.2, 0.25) is 5.91 Å². The van der Waals surface area contributed by atoms with Crippen molar-refractivity contribution in [3.05, 3.63) is 40.4 Å². The molecule has 5 atom stereocenters. The van der Waals surface area contributed by atoms with Crippen LogP contribution in [0.5, 0.6) is 5.75 Å². The van der Waals surface area contributed by atoms with E-state index in [9.17, 15) is 19.2 Å². The standard InChI is InChI=1S/C29H40N4O9S/c1-9-32-23(15-39-21-12-10-20(11-13-21)29(6,7)8)31-33(28(32)43)27-24(30-16(2)34)26(41-19(5)37)25(40-18(4)36)22(42-27)14-38-17(3)35/h10-13,22,24-27H,9,14-15H2,1-8H3,(H,30,34)/t22-,24-,25-,26-,27-/m1/s1. The molecule has 3 rings (SSSR count). The Kier molecular flexibility index (Phi) is 11.1. The molecule has 43 heavy (non-hydrogen) atoms. The molecule has 2 heterocycles. The van der Waals surface area contributed by atoms with Crippen LogP contribution in [-0.4, -0.2) is 69.1 Å². The predicted molar refractivity (Wildman–Crippen MR) is 155 cm³/mol. The summed E-state index contributed by atoms with van der Waals surface area (Å²) in [5.41, 5.74) is 1.16. The zero-order valence-corrected chi connectivity index (χ0v) is 26.6. The Morgan fingerprint density at radius 3 is 2.09 bits per heavy atom. The monoisotopic (exact) mass is 620 g/mol. The number of hydrogen-bond donors (Lipinski definition) is 1. The van der Waals surface area contributed by atoms with E-state index in [1.807, 2.05) is 31.2 Å². The fourth-order valence-electron chi connectivity index (χ4n) is 4.76. The SMILES string of the molecule is CCn1c(COc2ccc(C(C)(C)C)cc2)nn([C@@H]2O[C@H](COC(C)=O)[C@@H](OC(C)=O)[C@H](OC(C)=O)[C@H]2NC(C)=O)c1=S. The van der Waals surface area contributed by atoms with E-state index in [4.69, 9.17) is 35.9 Å². The third kappa shape index (κ3) is 8.63. The molecule has 1 aliphatic heterocycles. The number of aromatic nitrogens is 3. The van der Waals surface area contributed by atoms with E-state index < -0.39 is 54.4 Å². The van der Waals surface area contributed by atoms with E-state index in [1.54, 1.807) is 4.57 Å². The molecule has 236 valence electrons. The minimum absolute atomic E-state index is 0.00401. The van der Waals surface area contributed by atoms with Crippen LogP contribution in [0.1, 0.15) is 73.0 Å². The number of benzene rings is 1. The number of nitrogens with zero attached hydrogens (tertiary/aromatic N) is 3. The van der Waals surface area contributed by atoms with Crippen LogP contribution < -0.4 is 10.1 Å². The average Bonchev–Trinajstić information content (AvgIpc) is 3.22. The Morgan fingerprint density at radius 2 is 1.58 bits per heavy atom. The smallest absolute Gasteiger partial charge is 0.303 e. The van der Waals surface area contributed by atoms with Gasteiger partial charge < -0.3 is 33.6 Å². The van der Waals surface area contributed by atoms with Crippen LogP contribution >= 0.6 is 12.2 Å². The van der Waals surface area contributed by atoms with Crippen molar-refractivity contribution in [3.63, 3.8) is 0 Å². The fourth-order valence-corrected chi connectivity index (χ4v) is 5.14. The number of carbonyl (C=O) groups excluding carboxylic acids is 4. The zero-order chi connectivity index (χ0) is 32.1. The molecule has 0 unspecified atom stereocenters. The van der Waals surface area contributed by atoms with Gasteiger partial charge in [-0.3, -0.25) is 19.2 Å². The quantitative estimate of drug-likeness (QED) is 0.237. The summed E-state index contributed by atoms with van der Waals surface area (Å²) in [5.74, 6) is -1.35. The van der Waals surface area contributed by atoms with Crippen LogP contribution in [-0.2, 0) is 56.7 Å². The Morgan fingerprint density at radius 1 is 0.977 bits per heavy atom.